The minimum absolute atomic E-state index is 0.0528. The van der Waals surface area contributed by atoms with Crippen molar-refractivity contribution in [1.29, 1.82) is 0 Å². The third kappa shape index (κ3) is 4.04. The van der Waals surface area contributed by atoms with Gasteiger partial charge in [0.05, 0.1) is 12.0 Å². The number of fused-ring (bicyclic) bond motifs is 1. The first-order chi connectivity index (χ1) is 14.6. The molecule has 1 aliphatic rings. The summed E-state index contributed by atoms with van der Waals surface area (Å²) >= 11 is 6.62. The number of carbonyl (C=O) groups is 1. The molecule has 3 aromatic rings. The van der Waals surface area contributed by atoms with E-state index in [4.69, 9.17) is 21.7 Å². The Kier molecular flexibility index (Phi) is 6.01. The van der Waals surface area contributed by atoms with E-state index in [0.717, 1.165) is 27.8 Å². The fraction of sp³-hybridized carbons (Fsp3) is 0.174. The highest BCUT2D eigenvalue weighted by atomic mass is 32.2. The molecule has 1 saturated heterocycles. The number of rotatable bonds is 6. The molecule has 7 heteroatoms. The first-order valence-corrected chi connectivity index (χ1v) is 10.7. The number of thioether (sulfide) groups is 1. The molecule has 1 aliphatic heterocycles. The maximum Gasteiger partial charge on any atom is 0.266 e. The fourth-order valence-electron chi connectivity index (χ4n) is 3.27. The Hall–Kier alpha value is -2.90. The molecule has 0 bridgehead atoms. The second-order valence-corrected chi connectivity index (χ2v) is 8.29. The summed E-state index contributed by atoms with van der Waals surface area (Å²) in [6.07, 6.45) is 3.61. The van der Waals surface area contributed by atoms with Crippen LogP contribution in [-0.2, 0) is 11.4 Å². The van der Waals surface area contributed by atoms with Crippen LogP contribution in [0, 0.1) is 0 Å². The number of benzene rings is 2. The van der Waals surface area contributed by atoms with Gasteiger partial charge in [-0.05, 0) is 42.8 Å². The minimum atomic E-state index is -0.0528. The third-order valence-corrected chi connectivity index (χ3v) is 6.15. The summed E-state index contributed by atoms with van der Waals surface area (Å²) in [6, 6.07) is 15.5. The molecular weight excluding hydrogens is 416 g/mol. The highest BCUT2D eigenvalue weighted by Gasteiger charge is 2.30. The molecule has 152 valence electrons. The van der Waals surface area contributed by atoms with E-state index >= 15 is 0 Å². The Morgan fingerprint density at radius 1 is 1.17 bits per heavy atom. The van der Waals surface area contributed by atoms with Crippen LogP contribution < -0.4 is 9.47 Å². The van der Waals surface area contributed by atoms with Gasteiger partial charge in [0, 0.05) is 23.7 Å². The molecule has 0 atom stereocenters. The highest BCUT2D eigenvalue weighted by Crippen LogP contribution is 2.33. The first-order valence-electron chi connectivity index (χ1n) is 9.49. The van der Waals surface area contributed by atoms with Crippen molar-refractivity contribution in [1.82, 2.24) is 9.88 Å². The minimum Gasteiger partial charge on any atom is -0.496 e. The van der Waals surface area contributed by atoms with Gasteiger partial charge in [-0.25, -0.2) is 0 Å². The number of hydrogen-bond donors (Lipinski definition) is 0. The van der Waals surface area contributed by atoms with E-state index < -0.39 is 0 Å². The van der Waals surface area contributed by atoms with E-state index in [1.54, 1.807) is 18.2 Å². The number of methoxy groups -OCH3 is 1. The molecule has 1 aromatic heterocycles. The summed E-state index contributed by atoms with van der Waals surface area (Å²) in [5.41, 5.74) is 2.59. The normalized spacial score (nSPS) is 15.3. The van der Waals surface area contributed by atoms with Gasteiger partial charge in [0.25, 0.3) is 5.91 Å². The van der Waals surface area contributed by atoms with E-state index in [9.17, 15) is 4.79 Å². The van der Waals surface area contributed by atoms with Crippen molar-refractivity contribution < 1.29 is 14.3 Å². The molecule has 0 N–H and O–H groups in total. The average Bonchev–Trinajstić information content (AvgIpc) is 3.04. The van der Waals surface area contributed by atoms with Crippen LogP contribution in [0.15, 0.2) is 59.6 Å². The van der Waals surface area contributed by atoms with Crippen molar-refractivity contribution in [2.45, 2.75) is 13.5 Å². The SMILES string of the molecule is CCN1C(=O)/C(=C/c2ccc(OC)c(COc3cccc4cccnc34)c2)SC1=S. The molecule has 0 unspecified atom stereocenters. The van der Waals surface area contributed by atoms with Crippen molar-refractivity contribution in [2.75, 3.05) is 13.7 Å². The average molecular weight is 437 g/mol. The molecule has 2 aromatic carbocycles. The van der Waals surface area contributed by atoms with Crippen molar-refractivity contribution in [3.05, 3.63) is 70.8 Å². The summed E-state index contributed by atoms with van der Waals surface area (Å²) in [7, 11) is 1.63. The van der Waals surface area contributed by atoms with Crippen LogP contribution in [0.1, 0.15) is 18.1 Å². The molecule has 0 radical (unpaired) electrons. The smallest absolute Gasteiger partial charge is 0.266 e. The lowest BCUT2D eigenvalue weighted by atomic mass is 10.1. The number of carbonyl (C=O) groups excluding carboxylic acids is 1. The summed E-state index contributed by atoms with van der Waals surface area (Å²) in [5.74, 6) is 1.38. The lowest BCUT2D eigenvalue weighted by Gasteiger charge is -2.12. The predicted molar refractivity (Wildman–Crippen MR) is 125 cm³/mol. The van der Waals surface area contributed by atoms with E-state index in [1.807, 2.05) is 61.5 Å². The van der Waals surface area contributed by atoms with Crippen LogP contribution in [0.5, 0.6) is 11.5 Å². The van der Waals surface area contributed by atoms with E-state index in [-0.39, 0.29) is 5.91 Å². The summed E-state index contributed by atoms with van der Waals surface area (Å²) in [6.45, 7) is 2.80. The van der Waals surface area contributed by atoms with Gasteiger partial charge >= 0.3 is 0 Å². The van der Waals surface area contributed by atoms with Gasteiger partial charge in [-0.15, -0.1) is 0 Å². The van der Waals surface area contributed by atoms with Crippen LogP contribution in [0.25, 0.3) is 17.0 Å². The van der Waals surface area contributed by atoms with E-state index in [2.05, 4.69) is 4.98 Å². The number of aromatic nitrogens is 1. The summed E-state index contributed by atoms with van der Waals surface area (Å²) in [4.78, 5) is 19.1. The van der Waals surface area contributed by atoms with Crippen molar-refractivity contribution in [3.63, 3.8) is 0 Å². The standard InChI is InChI=1S/C23H20N2O3S2/c1-3-25-22(26)20(30-23(25)29)13-15-9-10-18(27-2)17(12-15)14-28-19-8-4-6-16-7-5-11-24-21(16)19/h4-13H,3,14H2,1-2H3/b20-13-. The molecule has 1 amide bonds. The van der Waals surface area contributed by atoms with Crippen molar-refractivity contribution in [3.8, 4) is 11.5 Å². The number of nitrogens with zero attached hydrogens (tertiary/aromatic N) is 2. The predicted octanol–water partition coefficient (Wildman–Crippen LogP) is 5.04. The van der Waals surface area contributed by atoms with Crippen LogP contribution in [0.3, 0.4) is 0 Å². The number of para-hydroxylation sites is 1. The van der Waals surface area contributed by atoms with Crippen LogP contribution in [0.4, 0.5) is 0 Å². The maximum atomic E-state index is 12.5. The number of ether oxygens (including phenoxy) is 2. The summed E-state index contributed by atoms with van der Waals surface area (Å²) < 4.78 is 12.2. The Balaban J connectivity index is 1.60. The van der Waals surface area contributed by atoms with E-state index in [0.29, 0.717) is 28.1 Å². The van der Waals surface area contributed by atoms with Gasteiger partial charge in [-0.1, -0.05) is 48.2 Å². The lowest BCUT2D eigenvalue weighted by Crippen LogP contribution is -2.27. The zero-order chi connectivity index (χ0) is 21.1. The Labute approximate surface area is 184 Å². The zero-order valence-corrected chi connectivity index (χ0v) is 18.3. The lowest BCUT2D eigenvalue weighted by molar-refractivity contribution is -0.121. The number of hydrogen-bond acceptors (Lipinski definition) is 6. The van der Waals surface area contributed by atoms with Crippen molar-refractivity contribution in [2.24, 2.45) is 0 Å². The Morgan fingerprint density at radius 3 is 2.77 bits per heavy atom. The van der Waals surface area contributed by atoms with Crippen molar-refractivity contribution >= 4 is 51.2 Å². The molecule has 4 rings (SSSR count). The molecule has 5 nitrogen and oxygen atoms in total. The third-order valence-electron chi connectivity index (χ3n) is 4.77. The number of thiocarbonyl (C=S) groups is 1. The summed E-state index contributed by atoms with van der Waals surface area (Å²) in [5, 5.41) is 1.02. The van der Waals surface area contributed by atoms with Gasteiger partial charge in [0.2, 0.25) is 0 Å². The van der Waals surface area contributed by atoms with Gasteiger partial charge < -0.3 is 9.47 Å². The van der Waals surface area contributed by atoms with Crippen LogP contribution >= 0.6 is 24.0 Å². The molecule has 1 fully saturated rings. The molecule has 0 spiro atoms. The quantitative estimate of drug-likeness (QED) is 0.398. The Morgan fingerprint density at radius 2 is 2.00 bits per heavy atom. The maximum absolute atomic E-state index is 12.5. The Bertz CT molecular complexity index is 1150. The monoisotopic (exact) mass is 436 g/mol. The zero-order valence-electron chi connectivity index (χ0n) is 16.6. The second kappa shape index (κ2) is 8.85. The van der Waals surface area contributed by atoms with Gasteiger partial charge in [0.1, 0.15) is 27.9 Å². The van der Waals surface area contributed by atoms with Crippen LogP contribution in [-0.4, -0.2) is 33.8 Å². The fourth-order valence-corrected chi connectivity index (χ4v) is 4.66. The molecular formula is C23H20N2O3S2. The van der Waals surface area contributed by atoms with E-state index in [1.165, 1.54) is 11.8 Å². The van der Waals surface area contributed by atoms with Gasteiger partial charge in [-0.2, -0.15) is 0 Å². The van der Waals surface area contributed by atoms with Gasteiger partial charge in [-0.3, -0.25) is 14.7 Å². The second-order valence-electron chi connectivity index (χ2n) is 6.62. The van der Waals surface area contributed by atoms with Crippen LogP contribution in [0.2, 0.25) is 0 Å². The largest absolute Gasteiger partial charge is 0.496 e. The van der Waals surface area contributed by atoms with Gasteiger partial charge in [0.15, 0.2) is 0 Å². The first kappa shape index (κ1) is 20.4. The molecule has 0 saturated carbocycles. The number of amides is 1. The molecule has 2 heterocycles. The highest BCUT2D eigenvalue weighted by molar-refractivity contribution is 8.26. The topological polar surface area (TPSA) is 51.7 Å². The number of likely N-dealkylation sites (N-methyl/N-ethyl adjacent to an activating group) is 1. The molecule has 0 aliphatic carbocycles. The number of pyridine rings is 1. The molecule has 30 heavy (non-hydrogen) atoms.